The van der Waals surface area contributed by atoms with Gasteiger partial charge in [0.05, 0.1) is 11.1 Å². The van der Waals surface area contributed by atoms with Gasteiger partial charge in [0.25, 0.3) is 5.91 Å². The van der Waals surface area contributed by atoms with Crippen LogP contribution in [0.4, 0.5) is 5.69 Å². The summed E-state index contributed by atoms with van der Waals surface area (Å²) in [6, 6.07) is 14.0. The topological polar surface area (TPSA) is 68.0 Å². The zero-order valence-electron chi connectivity index (χ0n) is 11.7. The lowest BCUT2D eigenvalue weighted by molar-refractivity contribution is 0.102. The van der Waals surface area contributed by atoms with Gasteiger partial charge >= 0.3 is 0 Å². The molecule has 0 fully saturated rings. The number of aromatic nitrogens is 2. The number of anilines is 1. The van der Waals surface area contributed by atoms with Crippen molar-refractivity contribution < 1.29 is 9.21 Å². The van der Waals surface area contributed by atoms with E-state index in [4.69, 9.17) is 16.0 Å². The van der Waals surface area contributed by atoms with Crippen molar-refractivity contribution in [2.75, 3.05) is 5.32 Å². The highest BCUT2D eigenvalue weighted by molar-refractivity contribution is 6.31. The van der Waals surface area contributed by atoms with Crippen molar-refractivity contribution >= 4 is 23.2 Å². The molecule has 0 unspecified atom stereocenters. The number of rotatable bonds is 3. The molecule has 0 saturated carbocycles. The Morgan fingerprint density at radius 3 is 2.68 bits per heavy atom. The van der Waals surface area contributed by atoms with Gasteiger partial charge in [0.15, 0.2) is 0 Å². The molecular formula is C16H12ClN3O2. The summed E-state index contributed by atoms with van der Waals surface area (Å²) in [6.45, 7) is 1.70. The van der Waals surface area contributed by atoms with E-state index in [0.29, 0.717) is 33.6 Å². The zero-order valence-corrected chi connectivity index (χ0v) is 12.5. The number of carbonyl (C=O) groups excluding carboxylic acids is 1. The van der Waals surface area contributed by atoms with Crippen molar-refractivity contribution in [1.82, 2.24) is 10.2 Å². The fourth-order valence-corrected chi connectivity index (χ4v) is 2.23. The fourth-order valence-electron chi connectivity index (χ4n) is 2.04. The lowest BCUT2D eigenvalue weighted by Crippen LogP contribution is -2.13. The number of amides is 1. The summed E-state index contributed by atoms with van der Waals surface area (Å²) in [5, 5.41) is 11.1. The van der Waals surface area contributed by atoms with Crippen molar-refractivity contribution in [2.24, 2.45) is 0 Å². The SMILES string of the molecule is Cc1nnc(-c2ccccc2C(=O)Nc2cccc(Cl)c2)o1. The van der Waals surface area contributed by atoms with Crippen molar-refractivity contribution in [3.63, 3.8) is 0 Å². The summed E-state index contributed by atoms with van der Waals surface area (Å²) in [4.78, 5) is 12.5. The number of nitrogens with zero attached hydrogens (tertiary/aromatic N) is 2. The molecule has 2 aromatic carbocycles. The van der Waals surface area contributed by atoms with Crippen molar-refractivity contribution in [3.05, 3.63) is 65.0 Å². The Hall–Kier alpha value is -2.66. The van der Waals surface area contributed by atoms with E-state index < -0.39 is 0 Å². The second kappa shape index (κ2) is 5.99. The van der Waals surface area contributed by atoms with Crippen molar-refractivity contribution in [2.45, 2.75) is 6.92 Å². The van der Waals surface area contributed by atoms with E-state index in [2.05, 4.69) is 15.5 Å². The van der Waals surface area contributed by atoms with E-state index >= 15 is 0 Å². The van der Waals surface area contributed by atoms with E-state index in [-0.39, 0.29) is 5.91 Å². The molecule has 0 saturated heterocycles. The molecule has 0 radical (unpaired) electrons. The number of benzene rings is 2. The normalized spacial score (nSPS) is 10.5. The van der Waals surface area contributed by atoms with Gasteiger partial charge in [-0.05, 0) is 30.3 Å². The molecule has 110 valence electrons. The first kappa shape index (κ1) is 14.3. The molecule has 0 aliphatic heterocycles. The minimum atomic E-state index is -0.270. The predicted octanol–water partition coefficient (Wildman–Crippen LogP) is 3.95. The van der Waals surface area contributed by atoms with Gasteiger partial charge in [-0.2, -0.15) is 0 Å². The van der Waals surface area contributed by atoms with Gasteiger partial charge in [-0.15, -0.1) is 10.2 Å². The van der Waals surface area contributed by atoms with Crippen LogP contribution >= 0.6 is 11.6 Å². The molecule has 6 heteroatoms. The number of halogens is 1. The minimum Gasteiger partial charge on any atom is -0.421 e. The Kier molecular flexibility index (Phi) is 3.89. The van der Waals surface area contributed by atoms with Crippen LogP contribution in [0.15, 0.2) is 52.9 Å². The highest BCUT2D eigenvalue weighted by atomic mass is 35.5. The van der Waals surface area contributed by atoms with Crippen LogP contribution in [-0.2, 0) is 0 Å². The summed E-state index contributed by atoms with van der Waals surface area (Å²) in [6.07, 6.45) is 0. The molecular weight excluding hydrogens is 302 g/mol. The molecule has 22 heavy (non-hydrogen) atoms. The number of nitrogens with one attached hydrogen (secondary N) is 1. The van der Waals surface area contributed by atoms with Crippen LogP contribution in [0.3, 0.4) is 0 Å². The third-order valence-corrected chi connectivity index (χ3v) is 3.25. The summed E-state index contributed by atoms with van der Waals surface area (Å²) in [7, 11) is 0. The van der Waals surface area contributed by atoms with Crippen molar-refractivity contribution in [3.8, 4) is 11.5 Å². The first-order chi connectivity index (χ1) is 10.6. The van der Waals surface area contributed by atoms with Crippen LogP contribution < -0.4 is 5.32 Å². The minimum absolute atomic E-state index is 0.270. The lowest BCUT2D eigenvalue weighted by atomic mass is 10.1. The first-order valence-electron chi connectivity index (χ1n) is 6.60. The van der Waals surface area contributed by atoms with Gasteiger partial charge in [0.1, 0.15) is 0 Å². The van der Waals surface area contributed by atoms with Crippen LogP contribution in [0.2, 0.25) is 5.02 Å². The zero-order chi connectivity index (χ0) is 15.5. The van der Waals surface area contributed by atoms with Gasteiger partial charge in [0.2, 0.25) is 11.8 Å². The van der Waals surface area contributed by atoms with Crippen LogP contribution in [0, 0.1) is 6.92 Å². The van der Waals surface area contributed by atoms with Gasteiger partial charge in [-0.25, -0.2) is 0 Å². The number of hydrogen-bond acceptors (Lipinski definition) is 4. The Morgan fingerprint density at radius 2 is 1.95 bits per heavy atom. The van der Waals surface area contributed by atoms with Crippen LogP contribution in [0.5, 0.6) is 0 Å². The number of aryl methyl sites for hydroxylation is 1. The maximum atomic E-state index is 12.5. The molecule has 0 aliphatic rings. The van der Waals surface area contributed by atoms with Crippen LogP contribution in [-0.4, -0.2) is 16.1 Å². The van der Waals surface area contributed by atoms with Gasteiger partial charge in [-0.1, -0.05) is 29.8 Å². The summed E-state index contributed by atoms with van der Waals surface area (Å²) in [5.41, 5.74) is 1.66. The molecule has 1 amide bonds. The second-order valence-electron chi connectivity index (χ2n) is 4.64. The smallest absolute Gasteiger partial charge is 0.256 e. The number of carbonyl (C=O) groups is 1. The standard InChI is InChI=1S/C16H12ClN3O2/c1-10-19-20-16(22-10)14-8-3-2-7-13(14)15(21)18-12-6-4-5-11(17)9-12/h2-9H,1H3,(H,18,21). The van der Waals surface area contributed by atoms with E-state index in [0.717, 1.165) is 0 Å². The average Bonchev–Trinajstić information content (AvgIpc) is 2.94. The molecule has 0 spiro atoms. The Balaban J connectivity index is 1.93. The molecule has 3 rings (SSSR count). The first-order valence-corrected chi connectivity index (χ1v) is 6.98. The quantitative estimate of drug-likeness (QED) is 0.795. The summed E-state index contributed by atoms with van der Waals surface area (Å²) < 4.78 is 5.41. The van der Waals surface area contributed by atoms with E-state index in [1.54, 1.807) is 49.4 Å². The highest BCUT2D eigenvalue weighted by Crippen LogP contribution is 2.24. The summed E-state index contributed by atoms with van der Waals surface area (Å²) >= 11 is 5.92. The maximum absolute atomic E-state index is 12.5. The molecule has 0 atom stereocenters. The molecule has 3 aromatic rings. The van der Waals surface area contributed by atoms with Crippen molar-refractivity contribution in [1.29, 1.82) is 0 Å². The highest BCUT2D eigenvalue weighted by Gasteiger charge is 2.16. The van der Waals surface area contributed by atoms with Crippen LogP contribution in [0.1, 0.15) is 16.2 Å². The summed E-state index contributed by atoms with van der Waals surface area (Å²) in [5.74, 6) is 0.489. The van der Waals surface area contributed by atoms with E-state index in [9.17, 15) is 4.79 Å². The van der Waals surface area contributed by atoms with Gasteiger partial charge in [-0.3, -0.25) is 4.79 Å². The average molecular weight is 314 g/mol. The molecule has 1 heterocycles. The Labute approximate surface area is 131 Å². The van der Waals surface area contributed by atoms with Gasteiger partial charge in [0, 0.05) is 17.6 Å². The maximum Gasteiger partial charge on any atom is 0.256 e. The molecule has 1 aromatic heterocycles. The predicted molar refractivity (Wildman–Crippen MR) is 83.9 cm³/mol. The lowest BCUT2D eigenvalue weighted by Gasteiger charge is -2.08. The van der Waals surface area contributed by atoms with E-state index in [1.807, 2.05) is 6.07 Å². The third-order valence-electron chi connectivity index (χ3n) is 3.01. The van der Waals surface area contributed by atoms with E-state index in [1.165, 1.54) is 0 Å². The fraction of sp³-hybridized carbons (Fsp3) is 0.0625. The molecule has 5 nitrogen and oxygen atoms in total. The third kappa shape index (κ3) is 2.99. The van der Waals surface area contributed by atoms with Gasteiger partial charge < -0.3 is 9.73 Å². The second-order valence-corrected chi connectivity index (χ2v) is 5.07. The molecule has 1 N–H and O–H groups in total. The number of hydrogen-bond donors (Lipinski definition) is 1. The Bertz CT molecular complexity index is 830. The molecule has 0 bridgehead atoms. The molecule has 0 aliphatic carbocycles. The monoisotopic (exact) mass is 313 g/mol. The Morgan fingerprint density at radius 1 is 1.14 bits per heavy atom. The van der Waals surface area contributed by atoms with Crippen LogP contribution in [0.25, 0.3) is 11.5 Å². The largest absolute Gasteiger partial charge is 0.421 e.